The molecule has 2 aromatic rings. The largest absolute Gasteiger partial charge is 0.471 e. The molecule has 0 aromatic heterocycles. The maximum atomic E-state index is 12.2. The molecule has 136 valence electrons. The van der Waals surface area contributed by atoms with Gasteiger partial charge in [-0.15, -0.1) is 0 Å². The predicted octanol–water partition coefficient (Wildman–Crippen LogP) is 3.35. The van der Waals surface area contributed by atoms with Gasteiger partial charge in [-0.05, 0) is 29.7 Å². The van der Waals surface area contributed by atoms with Gasteiger partial charge in [-0.3, -0.25) is 14.9 Å². The topological polar surface area (TPSA) is 94.2 Å². The van der Waals surface area contributed by atoms with Crippen LogP contribution in [-0.2, 0) is 11.2 Å². The fourth-order valence-electron chi connectivity index (χ4n) is 2.66. The molecule has 2 atom stereocenters. The van der Waals surface area contributed by atoms with E-state index >= 15 is 0 Å². The van der Waals surface area contributed by atoms with Crippen LogP contribution >= 0.6 is 0 Å². The third-order valence-electron chi connectivity index (χ3n) is 4.07. The number of nitrogens with zero attached hydrogens (tertiary/aromatic N) is 1. The number of non-ortho nitro benzene ring substituents is 1. The highest BCUT2D eigenvalue weighted by molar-refractivity contribution is 5.94. The Morgan fingerprint density at radius 3 is 2.27 bits per heavy atom. The average Bonchev–Trinajstić information content (AvgIpc) is 3.35. The number of hydrogen-bond donors (Lipinski definition) is 2. The Bertz CT molecular complexity index is 820. The number of nitro groups is 1. The van der Waals surface area contributed by atoms with Crippen LogP contribution in [0.5, 0.6) is 0 Å². The van der Waals surface area contributed by atoms with Crippen molar-refractivity contribution in [1.29, 1.82) is 0 Å². The summed E-state index contributed by atoms with van der Waals surface area (Å²) < 4.78 is 36.6. The van der Waals surface area contributed by atoms with Gasteiger partial charge in [0.2, 0.25) is 0 Å². The normalized spacial score (nSPS) is 19.0. The van der Waals surface area contributed by atoms with Crippen molar-refractivity contribution < 1.29 is 22.9 Å². The van der Waals surface area contributed by atoms with E-state index < -0.39 is 17.0 Å². The summed E-state index contributed by atoms with van der Waals surface area (Å²) in [6.07, 6.45) is -4.27. The molecule has 26 heavy (non-hydrogen) atoms. The van der Waals surface area contributed by atoms with E-state index in [0.717, 1.165) is 11.1 Å². The summed E-state index contributed by atoms with van der Waals surface area (Å²) in [6, 6.07) is 12.7. The van der Waals surface area contributed by atoms with Crippen LogP contribution in [0.25, 0.3) is 0 Å². The summed E-state index contributed by atoms with van der Waals surface area (Å²) >= 11 is 0. The number of rotatable bonds is 5. The van der Waals surface area contributed by atoms with E-state index in [1.165, 1.54) is 24.3 Å². The summed E-state index contributed by atoms with van der Waals surface area (Å²) in [5.41, 5.74) is 1.95. The number of carbonyl (C=O) groups excluding carboxylic acids is 1. The Hall–Kier alpha value is -2.94. The molecule has 3 rings (SSSR count). The van der Waals surface area contributed by atoms with Crippen molar-refractivity contribution in [3.05, 3.63) is 69.8 Å². The Morgan fingerprint density at radius 2 is 1.73 bits per heavy atom. The molecule has 1 amide bonds. The monoisotopic (exact) mass is 365 g/mol. The zero-order valence-electron chi connectivity index (χ0n) is 13.3. The molecule has 0 radical (unpaired) electrons. The zero-order chi connectivity index (χ0) is 18.9. The van der Waals surface area contributed by atoms with Crippen LogP contribution in [0, 0.1) is 10.1 Å². The molecule has 9 heteroatoms. The number of benzene rings is 2. The number of carbonyl (C=O) groups is 1. The summed E-state index contributed by atoms with van der Waals surface area (Å²) in [4.78, 5) is 21.1. The number of anilines is 1. The molecule has 1 fully saturated rings. The molecular formula is C17H14F3N3O3. The number of alkyl halides is 3. The van der Waals surface area contributed by atoms with Gasteiger partial charge < -0.3 is 10.6 Å². The molecule has 0 saturated carbocycles. The van der Waals surface area contributed by atoms with Crippen LogP contribution in [0.1, 0.15) is 17.2 Å². The maximum absolute atomic E-state index is 12.2. The molecule has 2 N–H and O–H groups in total. The smallest absolute Gasteiger partial charge is 0.318 e. The van der Waals surface area contributed by atoms with Crippen molar-refractivity contribution in [2.24, 2.45) is 0 Å². The first-order chi connectivity index (χ1) is 12.2. The summed E-state index contributed by atoms with van der Waals surface area (Å²) in [6.45, 7) is 0. The Morgan fingerprint density at radius 1 is 1.12 bits per heavy atom. The van der Waals surface area contributed by atoms with E-state index in [9.17, 15) is 28.1 Å². The van der Waals surface area contributed by atoms with E-state index in [2.05, 4.69) is 5.32 Å². The maximum Gasteiger partial charge on any atom is 0.471 e. The molecule has 1 aliphatic rings. The lowest BCUT2D eigenvalue weighted by Gasteiger charge is -2.08. The van der Waals surface area contributed by atoms with Gasteiger partial charge in [-0.25, -0.2) is 0 Å². The zero-order valence-corrected chi connectivity index (χ0v) is 13.3. The van der Waals surface area contributed by atoms with Gasteiger partial charge in [-0.2, -0.15) is 13.2 Å². The number of nitrogens with one attached hydrogen (secondary N) is 2. The molecule has 1 saturated heterocycles. The molecule has 6 nitrogen and oxygen atoms in total. The van der Waals surface area contributed by atoms with Gasteiger partial charge in [0.05, 0.1) is 4.92 Å². The highest BCUT2D eigenvalue weighted by Gasteiger charge is 2.39. The lowest BCUT2D eigenvalue weighted by molar-refractivity contribution is -0.384. The molecule has 2 aromatic carbocycles. The molecule has 1 heterocycles. The predicted molar refractivity (Wildman–Crippen MR) is 87.6 cm³/mol. The van der Waals surface area contributed by atoms with Crippen LogP contribution < -0.4 is 10.6 Å². The van der Waals surface area contributed by atoms with E-state index in [4.69, 9.17) is 0 Å². The first-order valence-electron chi connectivity index (χ1n) is 7.71. The second-order valence-electron chi connectivity index (χ2n) is 5.95. The van der Waals surface area contributed by atoms with Gasteiger partial charge in [0.1, 0.15) is 0 Å². The molecule has 0 bridgehead atoms. The van der Waals surface area contributed by atoms with E-state index in [1.807, 2.05) is 0 Å². The molecule has 2 unspecified atom stereocenters. The average molecular weight is 365 g/mol. The minimum absolute atomic E-state index is 0.0300. The van der Waals surface area contributed by atoms with Gasteiger partial charge in [0.15, 0.2) is 0 Å². The second-order valence-corrected chi connectivity index (χ2v) is 5.95. The lowest BCUT2D eigenvalue weighted by Crippen LogP contribution is -2.29. The Balaban J connectivity index is 1.56. The number of amides is 1. The number of halogens is 3. The van der Waals surface area contributed by atoms with E-state index in [0.29, 0.717) is 6.42 Å². The third-order valence-corrected chi connectivity index (χ3v) is 4.07. The fourth-order valence-corrected chi connectivity index (χ4v) is 2.66. The van der Waals surface area contributed by atoms with Crippen molar-refractivity contribution in [1.82, 2.24) is 5.32 Å². The first-order valence-corrected chi connectivity index (χ1v) is 7.71. The van der Waals surface area contributed by atoms with Crippen molar-refractivity contribution >= 4 is 17.3 Å². The molecule has 0 spiro atoms. The van der Waals surface area contributed by atoms with E-state index in [1.54, 1.807) is 29.6 Å². The van der Waals surface area contributed by atoms with Gasteiger partial charge in [-0.1, -0.05) is 24.3 Å². The van der Waals surface area contributed by atoms with Gasteiger partial charge in [0.25, 0.3) is 5.69 Å². The van der Waals surface area contributed by atoms with Crippen molar-refractivity contribution in [2.45, 2.75) is 24.7 Å². The SMILES string of the molecule is O=C(Nc1ccc(CC2NC2c2ccc([N+](=O)[O-])cc2)cc1)C(F)(F)F. The highest BCUT2D eigenvalue weighted by Crippen LogP contribution is 2.33. The highest BCUT2D eigenvalue weighted by atomic mass is 19.4. The van der Waals surface area contributed by atoms with Crippen LogP contribution in [0.15, 0.2) is 48.5 Å². The fraction of sp³-hybridized carbons (Fsp3) is 0.235. The van der Waals surface area contributed by atoms with Gasteiger partial charge in [0, 0.05) is 29.9 Å². The Kier molecular flexibility index (Phi) is 4.64. The molecular weight excluding hydrogens is 351 g/mol. The standard InChI is InChI=1S/C17H14F3N3O3/c18-17(19,20)16(24)21-12-5-1-10(2-6-12)9-14-15(22-14)11-3-7-13(8-4-11)23(25)26/h1-8,14-15,22H,9H2,(H,21,24). The minimum Gasteiger partial charge on any atom is -0.318 e. The van der Waals surface area contributed by atoms with E-state index in [-0.39, 0.29) is 23.5 Å². The van der Waals surface area contributed by atoms with Gasteiger partial charge >= 0.3 is 12.1 Å². The van der Waals surface area contributed by atoms with Crippen molar-refractivity contribution in [3.63, 3.8) is 0 Å². The second kappa shape index (κ2) is 6.75. The number of nitro benzene ring substituents is 1. The quantitative estimate of drug-likeness (QED) is 0.483. The number of hydrogen-bond acceptors (Lipinski definition) is 4. The summed E-state index contributed by atoms with van der Waals surface area (Å²) in [7, 11) is 0. The summed E-state index contributed by atoms with van der Waals surface area (Å²) in [5, 5.41) is 15.7. The summed E-state index contributed by atoms with van der Waals surface area (Å²) in [5.74, 6) is -2.01. The van der Waals surface area contributed by atoms with Crippen LogP contribution in [0.4, 0.5) is 24.5 Å². The third kappa shape index (κ3) is 4.17. The minimum atomic E-state index is -4.92. The van der Waals surface area contributed by atoms with Crippen molar-refractivity contribution in [3.8, 4) is 0 Å². The van der Waals surface area contributed by atoms with Crippen LogP contribution in [0.2, 0.25) is 0 Å². The molecule has 0 aliphatic carbocycles. The van der Waals surface area contributed by atoms with Crippen LogP contribution in [-0.4, -0.2) is 23.0 Å². The first kappa shape index (κ1) is 17.9. The lowest BCUT2D eigenvalue weighted by atomic mass is 10.0. The van der Waals surface area contributed by atoms with Crippen molar-refractivity contribution in [2.75, 3.05) is 5.32 Å². The molecule has 1 aliphatic heterocycles. The van der Waals surface area contributed by atoms with Crippen LogP contribution in [0.3, 0.4) is 0 Å². The Labute approximate surface area is 146 Å².